The van der Waals surface area contributed by atoms with Gasteiger partial charge >= 0.3 is 0 Å². The number of nitrogens with zero attached hydrogens (tertiary/aromatic N) is 2. The van der Waals surface area contributed by atoms with Crippen molar-refractivity contribution in [1.29, 1.82) is 0 Å². The first kappa shape index (κ1) is 15.6. The van der Waals surface area contributed by atoms with Gasteiger partial charge in [-0.3, -0.25) is 5.01 Å². The van der Waals surface area contributed by atoms with E-state index in [4.69, 9.17) is 0 Å². The molecule has 0 amide bonds. The SMILES string of the molecule is Cc1ccc(C[NH+]2CCN(/N=C/c3cccc(O)c3)CC2)cc1. The molecule has 4 nitrogen and oxygen atoms in total. The van der Waals surface area contributed by atoms with Gasteiger partial charge in [0, 0.05) is 5.56 Å². The fourth-order valence-corrected chi connectivity index (χ4v) is 2.85. The van der Waals surface area contributed by atoms with Crippen LogP contribution in [-0.2, 0) is 6.54 Å². The minimum atomic E-state index is 0.279. The summed E-state index contributed by atoms with van der Waals surface area (Å²) in [5.74, 6) is 0.279. The van der Waals surface area contributed by atoms with Crippen molar-refractivity contribution in [2.45, 2.75) is 13.5 Å². The lowest BCUT2D eigenvalue weighted by Crippen LogP contribution is -3.13. The molecule has 0 bridgehead atoms. The van der Waals surface area contributed by atoms with Crippen LogP contribution in [0.25, 0.3) is 0 Å². The summed E-state index contributed by atoms with van der Waals surface area (Å²) < 4.78 is 0. The first-order valence-electron chi connectivity index (χ1n) is 8.16. The number of hydrogen-bond donors (Lipinski definition) is 2. The van der Waals surface area contributed by atoms with Crippen molar-refractivity contribution in [3.8, 4) is 5.75 Å². The molecule has 120 valence electrons. The van der Waals surface area contributed by atoms with Crippen LogP contribution in [0.3, 0.4) is 0 Å². The van der Waals surface area contributed by atoms with E-state index in [1.54, 1.807) is 17.0 Å². The molecule has 1 aliphatic rings. The molecule has 0 aliphatic carbocycles. The van der Waals surface area contributed by atoms with Crippen LogP contribution in [-0.4, -0.2) is 42.5 Å². The van der Waals surface area contributed by atoms with Gasteiger partial charge in [0.25, 0.3) is 0 Å². The summed E-state index contributed by atoms with van der Waals surface area (Å²) in [7, 11) is 0. The number of aryl methyl sites for hydroxylation is 1. The number of hydrogen-bond acceptors (Lipinski definition) is 3. The summed E-state index contributed by atoms with van der Waals surface area (Å²) in [6.07, 6.45) is 1.82. The number of nitrogens with one attached hydrogen (secondary N) is 1. The minimum Gasteiger partial charge on any atom is -0.508 e. The van der Waals surface area contributed by atoms with Gasteiger partial charge in [0.2, 0.25) is 0 Å². The number of phenolic OH excluding ortho intramolecular Hbond substituents is 1. The lowest BCUT2D eigenvalue weighted by Gasteiger charge is -2.30. The first-order valence-corrected chi connectivity index (χ1v) is 8.16. The van der Waals surface area contributed by atoms with Gasteiger partial charge in [-0.2, -0.15) is 5.10 Å². The van der Waals surface area contributed by atoms with Crippen LogP contribution in [0.5, 0.6) is 5.75 Å². The normalized spacial score (nSPS) is 16.1. The zero-order chi connectivity index (χ0) is 16.1. The Morgan fingerprint density at radius 3 is 2.57 bits per heavy atom. The molecule has 0 atom stereocenters. The van der Waals surface area contributed by atoms with Crippen molar-refractivity contribution in [3.63, 3.8) is 0 Å². The second-order valence-corrected chi connectivity index (χ2v) is 6.21. The molecule has 23 heavy (non-hydrogen) atoms. The van der Waals surface area contributed by atoms with Crippen molar-refractivity contribution in [2.75, 3.05) is 26.2 Å². The molecule has 1 aliphatic heterocycles. The van der Waals surface area contributed by atoms with E-state index in [-0.39, 0.29) is 5.75 Å². The molecule has 0 spiro atoms. The summed E-state index contributed by atoms with van der Waals surface area (Å²) in [5, 5.41) is 16.1. The van der Waals surface area contributed by atoms with Crippen molar-refractivity contribution >= 4 is 6.21 Å². The third-order valence-corrected chi connectivity index (χ3v) is 4.26. The van der Waals surface area contributed by atoms with Crippen molar-refractivity contribution < 1.29 is 10.0 Å². The van der Waals surface area contributed by atoms with E-state index in [1.165, 1.54) is 11.1 Å². The molecular formula is C19H24N3O+. The molecule has 3 rings (SSSR count). The number of rotatable bonds is 4. The summed E-state index contributed by atoms with van der Waals surface area (Å²) in [6, 6.07) is 16.0. The maximum atomic E-state index is 9.46. The van der Waals surface area contributed by atoms with Gasteiger partial charge in [0.1, 0.15) is 12.3 Å². The highest BCUT2D eigenvalue weighted by atomic mass is 16.3. The topological polar surface area (TPSA) is 40.3 Å². The van der Waals surface area contributed by atoms with Crippen molar-refractivity contribution in [3.05, 3.63) is 65.2 Å². The van der Waals surface area contributed by atoms with E-state index in [9.17, 15) is 5.11 Å². The lowest BCUT2D eigenvalue weighted by atomic mass is 10.1. The number of aromatic hydroxyl groups is 1. The summed E-state index contributed by atoms with van der Waals surface area (Å²) in [5.41, 5.74) is 3.65. The molecule has 0 unspecified atom stereocenters. The van der Waals surface area contributed by atoms with Gasteiger partial charge in [-0.15, -0.1) is 0 Å². The first-order chi connectivity index (χ1) is 11.2. The predicted octanol–water partition coefficient (Wildman–Crippen LogP) is 1.44. The highest BCUT2D eigenvalue weighted by Gasteiger charge is 2.18. The Balaban J connectivity index is 1.49. The van der Waals surface area contributed by atoms with Crippen LogP contribution < -0.4 is 4.90 Å². The zero-order valence-electron chi connectivity index (χ0n) is 13.6. The van der Waals surface area contributed by atoms with Crippen LogP contribution in [0.4, 0.5) is 0 Å². The highest BCUT2D eigenvalue weighted by molar-refractivity contribution is 5.79. The molecule has 0 saturated carbocycles. The largest absolute Gasteiger partial charge is 0.508 e. The molecule has 4 heteroatoms. The van der Waals surface area contributed by atoms with E-state index >= 15 is 0 Å². The van der Waals surface area contributed by atoms with Crippen LogP contribution in [0.15, 0.2) is 53.6 Å². The van der Waals surface area contributed by atoms with Gasteiger partial charge < -0.3 is 10.0 Å². The molecule has 2 aromatic rings. The third kappa shape index (κ3) is 4.57. The van der Waals surface area contributed by atoms with E-state index in [1.807, 2.05) is 18.3 Å². The Morgan fingerprint density at radius 1 is 1.13 bits per heavy atom. The second kappa shape index (κ2) is 7.29. The molecule has 1 fully saturated rings. The van der Waals surface area contributed by atoms with Crippen LogP contribution >= 0.6 is 0 Å². The average molecular weight is 310 g/mol. The summed E-state index contributed by atoms with van der Waals surface area (Å²) >= 11 is 0. The Bertz CT molecular complexity index is 659. The van der Waals surface area contributed by atoms with Crippen LogP contribution in [0.2, 0.25) is 0 Å². The van der Waals surface area contributed by atoms with E-state index in [0.717, 1.165) is 38.3 Å². The molecule has 0 aromatic heterocycles. The molecule has 0 radical (unpaired) electrons. The number of piperazine rings is 1. The Labute approximate surface area is 137 Å². The Hall–Kier alpha value is -2.33. The summed E-state index contributed by atoms with van der Waals surface area (Å²) in [4.78, 5) is 1.61. The fraction of sp³-hybridized carbons (Fsp3) is 0.316. The van der Waals surface area contributed by atoms with Crippen molar-refractivity contribution in [1.82, 2.24) is 5.01 Å². The smallest absolute Gasteiger partial charge is 0.116 e. The highest BCUT2D eigenvalue weighted by Crippen LogP contribution is 2.09. The maximum absolute atomic E-state index is 9.46. The number of quaternary nitrogens is 1. The Kier molecular flexibility index (Phi) is 4.93. The Morgan fingerprint density at radius 2 is 1.87 bits per heavy atom. The average Bonchev–Trinajstić information content (AvgIpc) is 2.56. The minimum absolute atomic E-state index is 0.279. The van der Waals surface area contributed by atoms with E-state index in [2.05, 4.69) is 41.3 Å². The van der Waals surface area contributed by atoms with Crippen LogP contribution in [0, 0.1) is 6.92 Å². The molecule has 1 saturated heterocycles. The molecule has 1 heterocycles. The second-order valence-electron chi connectivity index (χ2n) is 6.21. The molecule has 2 N–H and O–H groups in total. The standard InChI is InChI=1S/C19H23N3O/c1-16-5-7-17(8-6-16)15-21-9-11-22(12-10-21)20-14-18-3-2-4-19(23)13-18/h2-8,13-14,23H,9-12,15H2,1H3/p+1/b20-14+. The van der Waals surface area contributed by atoms with Gasteiger partial charge in [0.15, 0.2) is 0 Å². The number of phenols is 1. The number of hydrazone groups is 1. The van der Waals surface area contributed by atoms with Gasteiger partial charge in [-0.25, -0.2) is 0 Å². The number of benzene rings is 2. The zero-order valence-corrected chi connectivity index (χ0v) is 13.6. The predicted molar refractivity (Wildman–Crippen MR) is 92.9 cm³/mol. The summed E-state index contributed by atoms with van der Waals surface area (Å²) in [6.45, 7) is 7.35. The van der Waals surface area contributed by atoms with Crippen molar-refractivity contribution in [2.24, 2.45) is 5.10 Å². The third-order valence-electron chi connectivity index (χ3n) is 4.26. The lowest BCUT2D eigenvalue weighted by molar-refractivity contribution is -0.918. The molecule has 2 aromatic carbocycles. The van der Waals surface area contributed by atoms with Gasteiger partial charge in [0.05, 0.1) is 32.4 Å². The maximum Gasteiger partial charge on any atom is 0.116 e. The fourth-order valence-electron chi connectivity index (χ4n) is 2.85. The quantitative estimate of drug-likeness (QED) is 0.839. The monoisotopic (exact) mass is 310 g/mol. The van der Waals surface area contributed by atoms with E-state index < -0.39 is 0 Å². The molecular weight excluding hydrogens is 286 g/mol. The van der Waals surface area contributed by atoms with E-state index in [0.29, 0.717) is 0 Å². The van der Waals surface area contributed by atoms with Crippen LogP contribution in [0.1, 0.15) is 16.7 Å². The van der Waals surface area contributed by atoms with Gasteiger partial charge in [-0.05, 0) is 24.6 Å². The van der Waals surface area contributed by atoms with Gasteiger partial charge in [-0.1, -0.05) is 42.0 Å².